The van der Waals surface area contributed by atoms with Gasteiger partial charge in [-0.3, -0.25) is 9.59 Å². The first-order chi connectivity index (χ1) is 13.4. The lowest BCUT2D eigenvalue weighted by Crippen LogP contribution is -2.52. The summed E-state index contributed by atoms with van der Waals surface area (Å²) in [5.74, 6) is -1.02. The number of amides is 2. The molecule has 28 heavy (non-hydrogen) atoms. The van der Waals surface area contributed by atoms with Crippen molar-refractivity contribution in [2.75, 3.05) is 12.4 Å². The third-order valence-electron chi connectivity index (χ3n) is 6.31. The Morgan fingerprint density at radius 2 is 1.68 bits per heavy atom. The van der Waals surface area contributed by atoms with Crippen molar-refractivity contribution in [2.45, 2.75) is 57.0 Å². The highest BCUT2D eigenvalue weighted by Gasteiger charge is 2.35. The summed E-state index contributed by atoms with van der Waals surface area (Å²) in [6, 6.07) is 5.98. The smallest absolute Gasteiger partial charge is 0.335 e. The van der Waals surface area contributed by atoms with Gasteiger partial charge in [-0.05, 0) is 75.1 Å². The summed E-state index contributed by atoms with van der Waals surface area (Å²) in [5, 5.41) is 11.8. The first-order valence-corrected chi connectivity index (χ1v) is 10.0. The Kier molecular flexibility index (Phi) is 6.34. The van der Waals surface area contributed by atoms with Crippen molar-refractivity contribution in [3.05, 3.63) is 29.8 Å². The van der Waals surface area contributed by atoms with Gasteiger partial charge in [0.2, 0.25) is 11.8 Å². The van der Waals surface area contributed by atoms with E-state index in [-0.39, 0.29) is 29.2 Å². The van der Waals surface area contributed by atoms with Crippen LogP contribution in [0.2, 0.25) is 0 Å². The Balaban J connectivity index is 1.48. The van der Waals surface area contributed by atoms with Gasteiger partial charge in [0.1, 0.15) is 0 Å². The molecule has 0 heterocycles. The van der Waals surface area contributed by atoms with Crippen LogP contribution in [0.5, 0.6) is 0 Å². The molecular weight excluding hydrogens is 358 g/mol. The summed E-state index contributed by atoms with van der Waals surface area (Å²) in [6.45, 7) is 0. The molecule has 2 saturated carbocycles. The van der Waals surface area contributed by atoms with Crippen molar-refractivity contribution in [1.29, 1.82) is 0 Å². The second kappa shape index (κ2) is 8.73. The number of nitrogens with one attached hydrogen (secondary N) is 1. The highest BCUT2D eigenvalue weighted by atomic mass is 16.4. The van der Waals surface area contributed by atoms with E-state index in [9.17, 15) is 14.4 Å². The number of rotatable bonds is 6. The van der Waals surface area contributed by atoms with E-state index in [1.54, 1.807) is 12.1 Å². The number of carbonyl (C=O) groups is 3. The first-order valence-electron chi connectivity index (χ1n) is 10.0. The predicted octanol–water partition coefficient (Wildman–Crippen LogP) is 2.47. The van der Waals surface area contributed by atoms with Crippen molar-refractivity contribution in [2.24, 2.45) is 17.6 Å². The van der Waals surface area contributed by atoms with Gasteiger partial charge in [0.15, 0.2) is 0 Å². The van der Waals surface area contributed by atoms with Crippen LogP contribution in [0.4, 0.5) is 5.69 Å². The molecule has 2 aliphatic rings. The molecule has 2 amide bonds. The van der Waals surface area contributed by atoms with Crippen molar-refractivity contribution >= 4 is 23.5 Å². The van der Waals surface area contributed by atoms with Crippen molar-refractivity contribution < 1.29 is 19.5 Å². The molecule has 0 aliphatic heterocycles. The van der Waals surface area contributed by atoms with E-state index in [4.69, 9.17) is 10.8 Å². The molecule has 7 heteroatoms. The van der Waals surface area contributed by atoms with Crippen LogP contribution >= 0.6 is 0 Å². The monoisotopic (exact) mass is 387 g/mol. The molecule has 4 N–H and O–H groups in total. The van der Waals surface area contributed by atoms with E-state index in [0.29, 0.717) is 24.6 Å². The van der Waals surface area contributed by atoms with E-state index in [1.165, 1.54) is 18.6 Å². The fraction of sp³-hybridized carbons (Fsp3) is 0.571. The predicted molar refractivity (Wildman–Crippen MR) is 106 cm³/mol. The topological polar surface area (TPSA) is 113 Å². The van der Waals surface area contributed by atoms with Gasteiger partial charge >= 0.3 is 5.97 Å². The number of nitrogens with zero attached hydrogens (tertiary/aromatic N) is 1. The Morgan fingerprint density at radius 3 is 2.18 bits per heavy atom. The zero-order chi connectivity index (χ0) is 20.3. The number of anilines is 1. The van der Waals surface area contributed by atoms with Crippen LogP contribution in [0.15, 0.2) is 24.3 Å². The number of benzene rings is 1. The van der Waals surface area contributed by atoms with Crippen LogP contribution in [0.3, 0.4) is 0 Å². The molecule has 1 aromatic rings. The molecule has 152 valence electrons. The molecule has 0 aromatic heterocycles. The number of nitrogens with two attached hydrogens (primary N) is 1. The highest BCUT2D eigenvalue weighted by Crippen LogP contribution is 2.32. The van der Waals surface area contributed by atoms with Crippen molar-refractivity contribution in [3.63, 3.8) is 0 Å². The SMILES string of the molecule is CN(C(=O)[C@@H](N)C1CCC(C(=O)Nc2ccc(C(=O)O)cc2)CC1)C1CCC1. The number of carboxylic acid groups (broad SMARTS) is 1. The van der Waals surface area contributed by atoms with Crippen LogP contribution in [0.1, 0.15) is 55.3 Å². The summed E-state index contributed by atoms with van der Waals surface area (Å²) in [7, 11) is 1.85. The summed E-state index contributed by atoms with van der Waals surface area (Å²) < 4.78 is 0. The number of likely N-dealkylation sites (N-methyl/N-ethyl adjacent to an activating group) is 1. The van der Waals surface area contributed by atoms with Crippen LogP contribution in [-0.4, -0.2) is 46.9 Å². The van der Waals surface area contributed by atoms with Gasteiger partial charge < -0.3 is 21.1 Å². The fourth-order valence-electron chi connectivity index (χ4n) is 4.07. The fourth-order valence-corrected chi connectivity index (χ4v) is 4.07. The quantitative estimate of drug-likeness (QED) is 0.694. The van der Waals surface area contributed by atoms with E-state index in [1.807, 2.05) is 11.9 Å². The molecular formula is C21H29N3O4. The minimum absolute atomic E-state index is 0.0242. The van der Waals surface area contributed by atoms with Gasteiger partial charge in [-0.25, -0.2) is 4.79 Å². The summed E-state index contributed by atoms with van der Waals surface area (Å²) in [6.07, 6.45) is 6.25. The number of aromatic carboxylic acids is 1. The molecule has 0 radical (unpaired) electrons. The van der Waals surface area contributed by atoms with Crippen LogP contribution in [-0.2, 0) is 9.59 Å². The lowest BCUT2D eigenvalue weighted by Gasteiger charge is -2.38. The number of carboxylic acids is 1. The van der Waals surface area contributed by atoms with Gasteiger partial charge in [-0.1, -0.05) is 0 Å². The highest BCUT2D eigenvalue weighted by molar-refractivity contribution is 5.93. The van der Waals surface area contributed by atoms with Gasteiger partial charge in [0, 0.05) is 24.7 Å². The molecule has 0 saturated heterocycles. The molecule has 7 nitrogen and oxygen atoms in total. The molecule has 3 rings (SSSR count). The zero-order valence-corrected chi connectivity index (χ0v) is 16.3. The van der Waals surface area contributed by atoms with Gasteiger partial charge in [-0.15, -0.1) is 0 Å². The maximum absolute atomic E-state index is 12.6. The van der Waals surface area contributed by atoms with Gasteiger partial charge in [-0.2, -0.15) is 0 Å². The largest absolute Gasteiger partial charge is 0.478 e. The van der Waals surface area contributed by atoms with Crippen molar-refractivity contribution in [1.82, 2.24) is 4.90 Å². The third kappa shape index (κ3) is 4.52. The number of carbonyl (C=O) groups excluding carboxylic acids is 2. The Bertz CT molecular complexity index is 722. The normalized spacial score (nSPS) is 23.4. The number of hydrogen-bond acceptors (Lipinski definition) is 4. The van der Waals surface area contributed by atoms with E-state index < -0.39 is 12.0 Å². The zero-order valence-electron chi connectivity index (χ0n) is 16.3. The van der Waals surface area contributed by atoms with E-state index in [2.05, 4.69) is 5.32 Å². The molecule has 1 aromatic carbocycles. The molecule has 1 atom stereocenters. The minimum atomic E-state index is -0.995. The molecule has 0 unspecified atom stereocenters. The van der Waals surface area contributed by atoms with E-state index >= 15 is 0 Å². The second-order valence-corrected chi connectivity index (χ2v) is 8.04. The Labute approximate surface area is 165 Å². The summed E-state index contributed by atoms with van der Waals surface area (Å²) >= 11 is 0. The Morgan fingerprint density at radius 1 is 1.07 bits per heavy atom. The minimum Gasteiger partial charge on any atom is -0.478 e. The molecule has 2 fully saturated rings. The van der Waals surface area contributed by atoms with Crippen molar-refractivity contribution in [3.8, 4) is 0 Å². The average molecular weight is 387 g/mol. The number of hydrogen-bond donors (Lipinski definition) is 3. The summed E-state index contributed by atoms with van der Waals surface area (Å²) in [5.41, 5.74) is 7.03. The summed E-state index contributed by atoms with van der Waals surface area (Å²) in [4.78, 5) is 37.8. The first kappa shape index (κ1) is 20.3. The van der Waals surface area contributed by atoms with Crippen LogP contribution < -0.4 is 11.1 Å². The van der Waals surface area contributed by atoms with Crippen LogP contribution in [0, 0.1) is 11.8 Å². The second-order valence-electron chi connectivity index (χ2n) is 8.04. The third-order valence-corrected chi connectivity index (χ3v) is 6.31. The standard InChI is InChI=1S/C21H29N3O4/c1-24(17-3-2-4-17)20(26)18(22)13-5-7-14(8-6-13)19(25)23-16-11-9-15(10-12-16)21(27)28/h9-14,17-18H,2-8,22H2,1H3,(H,23,25)(H,27,28)/t13?,14?,18-/m0/s1. The average Bonchev–Trinajstić information content (AvgIpc) is 2.66. The van der Waals surface area contributed by atoms with E-state index in [0.717, 1.165) is 25.7 Å². The Hall–Kier alpha value is -2.41. The lowest BCUT2D eigenvalue weighted by atomic mass is 9.77. The maximum atomic E-state index is 12.6. The maximum Gasteiger partial charge on any atom is 0.335 e. The van der Waals surface area contributed by atoms with Gasteiger partial charge in [0.05, 0.1) is 11.6 Å². The molecule has 0 bridgehead atoms. The lowest BCUT2D eigenvalue weighted by molar-refractivity contribution is -0.136. The molecule has 2 aliphatic carbocycles. The van der Waals surface area contributed by atoms with Gasteiger partial charge in [0.25, 0.3) is 0 Å². The molecule has 0 spiro atoms. The van der Waals surface area contributed by atoms with Crippen LogP contribution in [0.25, 0.3) is 0 Å².